The third-order valence-corrected chi connectivity index (χ3v) is 4.13. The molecule has 0 saturated carbocycles. The zero-order valence-corrected chi connectivity index (χ0v) is 13.5. The van der Waals surface area contributed by atoms with Crippen LogP contribution in [0, 0.1) is 0 Å². The highest BCUT2D eigenvalue weighted by Gasteiger charge is 2.44. The molecule has 0 aliphatic carbocycles. The molecule has 0 radical (unpaired) electrons. The summed E-state index contributed by atoms with van der Waals surface area (Å²) < 4.78 is 28.3. The van der Waals surface area contributed by atoms with Gasteiger partial charge in [0.25, 0.3) is 5.92 Å². The van der Waals surface area contributed by atoms with Crippen LogP contribution >= 0.6 is 35.6 Å². The maximum Gasteiger partial charge on any atom is 0.289 e. The summed E-state index contributed by atoms with van der Waals surface area (Å²) in [4.78, 5) is 1.66. The number of nitrogens with zero attached hydrogens (tertiary/aromatic N) is 1. The van der Waals surface area contributed by atoms with E-state index >= 15 is 0 Å². The van der Waals surface area contributed by atoms with Crippen molar-refractivity contribution in [3.63, 3.8) is 0 Å². The van der Waals surface area contributed by atoms with E-state index in [4.69, 9.17) is 28.3 Å². The van der Waals surface area contributed by atoms with Crippen molar-refractivity contribution in [1.82, 2.24) is 10.2 Å². The van der Waals surface area contributed by atoms with Gasteiger partial charge in [-0.25, -0.2) is 8.78 Å². The average molecular weight is 362 g/mol. The number of benzene rings is 1. The lowest BCUT2D eigenvalue weighted by Gasteiger charge is -2.38. The number of hydrogen-bond acceptors (Lipinski definition) is 3. The Balaban J connectivity index is 0.00000220. The fourth-order valence-corrected chi connectivity index (χ4v) is 2.74. The standard InChI is InChI=1S/C13H16Cl2F2N2O.ClH/c14-10-2-1-9(7-11(10)15)12(13(16,17)8-20)19-5-3-18-4-6-19;/h1-2,7,12,18,20H,3-6,8H2;1H/t12-;/m0./s1. The number of nitrogens with one attached hydrogen (secondary N) is 1. The Kier molecular flexibility index (Phi) is 7.10. The number of rotatable bonds is 4. The molecule has 0 bridgehead atoms. The Labute approximate surface area is 138 Å². The molecule has 1 aromatic rings. The third kappa shape index (κ3) is 4.41. The topological polar surface area (TPSA) is 35.5 Å². The molecule has 120 valence electrons. The number of alkyl halides is 2. The number of aliphatic hydroxyl groups is 1. The van der Waals surface area contributed by atoms with Crippen LogP contribution in [0.15, 0.2) is 18.2 Å². The molecule has 3 nitrogen and oxygen atoms in total. The number of hydrogen-bond donors (Lipinski definition) is 2. The van der Waals surface area contributed by atoms with Gasteiger partial charge in [-0.1, -0.05) is 29.3 Å². The molecule has 1 aromatic carbocycles. The van der Waals surface area contributed by atoms with Crippen LogP contribution in [-0.4, -0.2) is 48.7 Å². The van der Waals surface area contributed by atoms with Crippen LogP contribution in [0.4, 0.5) is 8.78 Å². The maximum atomic E-state index is 14.1. The zero-order chi connectivity index (χ0) is 14.8. The van der Waals surface area contributed by atoms with Gasteiger partial charge in [-0.15, -0.1) is 12.4 Å². The van der Waals surface area contributed by atoms with E-state index < -0.39 is 18.6 Å². The van der Waals surface area contributed by atoms with Gasteiger partial charge >= 0.3 is 0 Å². The SMILES string of the molecule is Cl.OCC(F)(F)[C@H](c1ccc(Cl)c(Cl)c1)N1CCNCC1. The first-order valence-electron chi connectivity index (χ1n) is 6.34. The molecule has 1 aliphatic rings. The van der Waals surface area contributed by atoms with Crippen molar-refractivity contribution in [2.24, 2.45) is 0 Å². The lowest BCUT2D eigenvalue weighted by molar-refractivity contribution is -0.118. The summed E-state index contributed by atoms with van der Waals surface area (Å²) in [5.41, 5.74) is 0.361. The van der Waals surface area contributed by atoms with Crippen LogP contribution in [0.5, 0.6) is 0 Å². The van der Waals surface area contributed by atoms with E-state index in [0.717, 1.165) is 0 Å². The number of halogens is 5. The molecule has 0 spiro atoms. The van der Waals surface area contributed by atoms with Gasteiger partial charge in [0.1, 0.15) is 12.6 Å². The Morgan fingerprint density at radius 2 is 1.86 bits per heavy atom. The van der Waals surface area contributed by atoms with E-state index in [0.29, 0.717) is 36.8 Å². The second kappa shape index (κ2) is 7.90. The van der Waals surface area contributed by atoms with Gasteiger partial charge in [0.05, 0.1) is 10.0 Å². The predicted molar refractivity (Wildman–Crippen MR) is 82.9 cm³/mol. The molecule has 1 atom stereocenters. The van der Waals surface area contributed by atoms with Crippen molar-refractivity contribution in [2.75, 3.05) is 32.8 Å². The monoisotopic (exact) mass is 360 g/mol. The number of aliphatic hydroxyl groups excluding tert-OH is 1. The van der Waals surface area contributed by atoms with Gasteiger partial charge in [-0.3, -0.25) is 4.90 Å². The van der Waals surface area contributed by atoms with E-state index in [2.05, 4.69) is 5.32 Å². The third-order valence-electron chi connectivity index (χ3n) is 3.39. The van der Waals surface area contributed by atoms with Gasteiger partial charge in [-0.05, 0) is 17.7 Å². The highest BCUT2D eigenvalue weighted by atomic mass is 35.5. The highest BCUT2D eigenvalue weighted by molar-refractivity contribution is 6.42. The van der Waals surface area contributed by atoms with Crippen LogP contribution in [0.25, 0.3) is 0 Å². The first kappa shape index (κ1) is 18.9. The van der Waals surface area contributed by atoms with Gasteiger partial charge in [0.15, 0.2) is 0 Å². The fourth-order valence-electron chi connectivity index (χ4n) is 2.43. The quantitative estimate of drug-likeness (QED) is 0.865. The minimum atomic E-state index is -3.24. The minimum absolute atomic E-state index is 0. The van der Waals surface area contributed by atoms with Gasteiger partial charge in [0, 0.05) is 26.2 Å². The van der Waals surface area contributed by atoms with Crippen molar-refractivity contribution in [3.8, 4) is 0 Å². The molecular weight excluding hydrogens is 345 g/mol. The van der Waals surface area contributed by atoms with Crippen LogP contribution in [0.1, 0.15) is 11.6 Å². The summed E-state index contributed by atoms with van der Waals surface area (Å²) in [5.74, 6) is -3.24. The Hall–Kier alpha value is -0.170. The maximum absolute atomic E-state index is 14.1. The largest absolute Gasteiger partial charge is 0.390 e. The van der Waals surface area contributed by atoms with E-state index in [1.807, 2.05) is 0 Å². The van der Waals surface area contributed by atoms with Gasteiger partial charge in [-0.2, -0.15) is 0 Å². The van der Waals surface area contributed by atoms with Crippen molar-refractivity contribution < 1.29 is 13.9 Å². The van der Waals surface area contributed by atoms with Crippen molar-refractivity contribution >= 4 is 35.6 Å². The minimum Gasteiger partial charge on any atom is -0.390 e. The predicted octanol–water partition coefficient (Wildman–Crippen LogP) is 2.99. The average Bonchev–Trinajstić information content (AvgIpc) is 2.44. The Morgan fingerprint density at radius 1 is 1.24 bits per heavy atom. The van der Waals surface area contributed by atoms with Crippen LogP contribution in [-0.2, 0) is 0 Å². The Bertz CT molecular complexity index is 471. The molecule has 2 N–H and O–H groups in total. The van der Waals surface area contributed by atoms with Crippen molar-refractivity contribution in [3.05, 3.63) is 33.8 Å². The second-order valence-electron chi connectivity index (χ2n) is 4.78. The molecule has 21 heavy (non-hydrogen) atoms. The van der Waals surface area contributed by atoms with Crippen LogP contribution in [0.2, 0.25) is 10.0 Å². The summed E-state index contributed by atoms with van der Waals surface area (Å²) in [7, 11) is 0. The molecule has 0 amide bonds. The zero-order valence-electron chi connectivity index (χ0n) is 11.2. The molecule has 1 saturated heterocycles. The molecule has 1 fully saturated rings. The summed E-state index contributed by atoms with van der Waals surface area (Å²) in [6.07, 6.45) is 0. The fraction of sp³-hybridized carbons (Fsp3) is 0.538. The normalized spacial score (nSPS) is 18.1. The van der Waals surface area contributed by atoms with Crippen LogP contribution in [0.3, 0.4) is 0 Å². The highest BCUT2D eigenvalue weighted by Crippen LogP contribution is 2.38. The lowest BCUT2D eigenvalue weighted by atomic mass is 9.98. The summed E-state index contributed by atoms with van der Waals surface area (Å²) in [5, 5.41) is 12.7. The van der Waals surface area contributed by atoms with Gasteiger partial charge in [0.2, 0.25) is 0 Å². The smallest absolute Gasteiger partial charge is 0.289 e. The Morgan fingerprint density at radius 3 is 2.38 bits per heavy atom. The summed E-state index contributed by atoms with van der Waals surface area (Å²) in [6, 6.07) is 3.27. The molecular formula is C13H17Cl3F2N2O. The molecule has 0 aromatic heterocycles. The van der Waals surface area contributed by atoms with E-state index in [1.165, 1.54) is 18.2 Å². The van der Waals surface area contributed by atoms with Crippen molar-refractivity contribution in [1.29, 1.82) is 0 Å². The van der Waals surface area contributed by atoms with Gasteiger partial charge < -0.3 is 10.4 Å². The second-order valence-corrected chi connectivity index (χ2v) is 5.60. The van der Waals surface area contributed by atoms with E-state index in [-0.39, 0.29) is 17.4 Å². The first-order valence-corrected chi connectivity index (χ1v) is 7.09. The molecule has 1 heterocycles. The molecule has 8 heteroatoms. The van der Waals surface area contributed by atoms with Crippen molar-refractivity contribution in [2.45, 2.75) is 12.0 Å². The molecule has 0 unspecified atom stereocenters. The lowest BCUT2D eigenvalue weighted by Crippen LogP contribution is -2.51. The summed E-state index contributed by atoms with van der Waals surface area (Å²) >= 11 is 11.7. The van der Waals surface area contributed by atoms with Crippen LogP contribution < -0.4 is 5.32 Å². The first-order chi connectivity index (χ1) is 9.45. The van der Waals surface area contributed by atoms with E-state index in [1.54, 1.807) is 4.90 Å². The number of piperazine rings is 1. The molecule has 1 aliphatic heterocycles. The van der Waals surface area contributed by atoms with E-state index in [9.17, 15) is 8.78 Å². The summed E-state index contributed by atoms with van der Waals surface area (Å²) in [6.45, 7) is 1.04. The molecule has 2 rings (SSSR count).